The highest BCUT2D eigenvalue weighted by atomic mass is 127. The summed E-state index contributed by atoms with van der Waals surface area (Å²) in [7, 11) is -1.54. The summed E-state index contributed by atoms with van der Waals surface area (Å²) in [5.41, 5.74) is 0. The van der Waals surface area contributed by atoms with E-state index < -0.39 is 8.32 Å². The maximum Gasteiger partial charge on any atom is 0.191 e. The molecule has 110 valence electrons. The topological polar surface area (TPSA) is 9.23 Å². The molecule has 0 fully saturated rings. The van der Waals surface area contributed by atoms with Crippen molar-refractivity contribution in [2.24, 2.45) is 11.8 Å². The van der Waals surface area contributed by atoms with E-state index >= 15 is 0 Å². The van der Waals surface area contributed by atoms with Crippen LogP contribution in [0.15, 0.2) is 0 Å². The van der Waals surface area contributed by atoms with Crippen molar-refractivity contribution in [3.8, 4) is 0 Å². The van der Waals surface area contributed by atoms with Crippen LogP contribution < -0.4 is 0 Å². The lowest BCUT2D eigenvalue weighted by Crippen LogP contribution is -2.41. The average molecular weight is 384 g/mol. The molecule has 18 heavy (non-hydrogen) atoms. The van der Waals surface area contributed by atoms with Crippen LogP contribution in [-0.4, -0.2) is 19.4 Å². The van der Waals surface area contributed by atoms with Crippen LogP contribution in [0.2, 0.25) is 18.1 Å². The molecule has 0 unspecified atom stereocenters. The molecule has 0 N–H and O–H groups in total. The zero-order valence-electron chi connectivity index (χ0n) is 13.5. The molecule has 0 aliphatic heterocycles. The highest BCUT2D eigenvalue weighted by Gasteiger charge is 2.37. The van der Waals surface area contributed by atoms with E-state index in [-0.39, 0.29) is 0 Å². The lowest BCUT2D eigenvalue weighted by Gasteiger charge is -2.37. The molecule has 3 heteroatoms. The van der Waals surface area contributed by atoms with Gasteiger partial charge in [0, 0.05) is 11.0 Å². The molecular weight excluding hydrogens is 351 g/mol. The van der Waals surface area contributed by atoms with Gasteiger partial charge in [-0.3, -0.25) is 0 Å². The summed E-state index contributed by atoms with van der Waals surface area (Å²) in [6.45, 7) is 17.3. The van der Waals surface area contributed by atoms with Gasteiger partial charge in [-0.05, 0) is 42.8 Å². The average Bonchev–Trinajstić information content (AvgIpc) is 2.24. The first-order valence-electron chi connectivity index (χ1n) is 7.30. The Morgan fingerprint density at radius 1 is 1.06 bits per heavy atom. The van der Waals surface area contributed by atoms with Crippen LogP contribution in [0.1, 0.15) is 53.9 Å². The number of hydrogen-bond donors (Lipinski definition) is 0. The molecule has 0 aromatic heterocycles. The van der Waals surface area contributed by atoms with E-state index in [0.717, 1.165) is 12.5 Å². The van der Waals surface area contributed by atoms with E-state index in [4.69, 9.17) is 4.43 Å². The molecule has 0 amide bonds. The quantitative estimate of drug-likeness (QED) is 0.288. The fraction of sp³-hybridized carbons (Fsp3) is 1.00. The summed E-state index contributed by atoms with van der Waals surface area (Å²) in [5.74, 6) is 1.58. The molecule has 0 aromatic carbocycles. The molecular formula is C15H33IOSi. The highest BCUT2D eigenvalue weighted by molar-refractivity contribution is 14.1. The van der Waals surface area contributed by atoms with E-state index in [2.05, 4.69) is 70.3 Å². The van der Waals surface area contributed by atoms with Gasteiger partial charge in [0.15, 0.2) is 8.32 Å². The Balaban J connectivity index is 3.87. The molecule has 0 spiro atoms. The zero-order chi connectivity index (χ0) is 14.4. The van der Waals surface area contributed by atoms with Crippen LogP contribution in [0.25, 0.3) is 0 Å². The highest BCUT2D eigenvalue weighted by Crippen LogP contribution is 2.36. The fourth-order valence-electron chi connectivity index (χ4n) is 1.54. The van der Waals surface area contributed by atoms with Crippen molar-refractivity contribution in [3.63, 3.8) is 0 Å². The third-order valence-electron chi connectivity index (χ3n) is 4.19. The molecule has 0 heterocycles. The SMILES string of the molecule is C[C@@H](CI)CCC[C@H](C)CO[Si](C)(C)C(C)(C)C. The van der Waals surface area contributed by atoms with E-state index in [1.54, 1.807) is 0 Å². The van der Waals surface area contributed by atoms with Crippen LogP contribution in [0.4, 0.5) is 0 Å². The maximum absolute atomic E-state index is 6.28. The molecule has 0 rings (SSSR count). The van der Waals surface area contributed by atoms with Crippen molar-refractivity contribution < 1.29 is 4.43 Å². The number of alkyl halides is 1. The van der Waals surface area contributed by atoms with E-state index in [9.17, 15) is 0 Å². The summed E-state index contributed by atoms with van der Waals surface area (Å²) < 4.78 is 7.56. The number of rotatable bonds is 8. The predicted octanol–water partition coefficient (Wildman–Crippen LogP) is 5.89. The van der Waals surface area contributed by atoms with Crippen molar-refractivity contribution in [1.29, 1.82) is 0 Å². The predicted molar refractivity (Wildman–Crippen MR) is 94.2 cm³/mol. The summed E-state index contributed by atoms with van der Waals surface area (Å²) >= 11 is 2.49. The molecule has 0 saturated heterocycles. The van der Waals surface area contributed by atoms with Crippen molar-refractivity contribution >= 4 is 30.9 Å². The van der Waals surface area contributed by atoms with Gasteiger partial charge in [0.25, 0.3) is 0 Å². The Hall–Kier alpha value is 0.907. The van der Waals surface area contributed by atoms with Gasteiger partial charge in [0.05, 0.1) is 0 Å². The third-order valence-corrected chi connectivity index (χ3v) is 10.2. The summed E-state index contributed by atoms with van der Waals surface area (Å²) in [6.07, 6.45) is 4.04. The van der Waals surface area contributed by atoms with Crippen LogP contribution in [0, 0.1) is 11.8 Å². The molecule has 0 aromatic rings. The summed E-state index contributed by atoms with van der Waals surface area (Å²) in [5, 5.41) is 0.336. The van der Waals surface area contributed by atoms with E-state index in [1.165, 1.54) is 23.7 Å². The third kappa shape index (κ3) is 7.48. The second kappa shape index (κ2) is 8.25. The van der Waals surface area contributed by atoms with Crippen molar-refractivity contribution in [1.82, 2.24) is 0 Å². The van der Waals surface area contributed by atoms with E-state index in [0.29, 0.717) is 11.0 Å². The molecule has 0 aliphatic rings. The minimum atomic E-state index is -1.54. The van der Waals surface area contributed by atoms with Gasteiger partial charge >= 0.3 is 0 Å². The van der Waals surface area contributed by atoms with Crippen LogP contribution in [0.3, 0.4) is 0 Å². The second-order valence-corrected chi connectivity index (χ2v) is 13.1. The molecule has 0 saturated carbocycles. The number of halogens is 1. The smallest absolute Gasteiger partial charge is 0.191 e. The largest absolute Gasteiger partial charge is 0.417 e. The molecule has 0 aliphatic carbocycles. The molecule has 0 radical (unpaired) electrons. The summed E-state index contributed by atoms with van der Waals surface area (Å²) in [6, 6.07) is 0. The number of hydrogen-bond acceptors (Lipinski definition) is 1. The van der Waals surface area contributed by atoms with Crippen molar-refractivity contribution in [2.75, 3.05) is 11.0 Å². The Morgan fingerprint density at radius 3 is 2.00 bits per heavy atom. The molecule has 0 bridgehead atoms. The van der Waals surface area contributed by atoms with Gasteiger partial charge in [-0.1, -0.05) is 63.6 Å². The normalized spacial score (nSPS) is 16.7. The monoisotopic (exact) mass is 384 g/mol. The summed E-state index contributed by atoms with van der Waals surface area (Å²) in [4.78, 5) is 0. The molecule has 2 atom stereocenters. The second-order valence-electron chi connectivity index (χ2n) is 7.37. The maximum atomic E-state index is 6.28. The van der Waals surface area contributed by atoms with Gasteiger partial charge in [0.2, 0.25) is 0 Å². The minimum absolute atomic E-state index is 0.336. The first-order chi connectivity index (χ1) is 8.10. The van der Waals surface area contributed by atoms with Crippen LogP contribution >= 0.6 is 22.6 Å². The van der Waals surface area contributed by atoms with Crippen LogP contribution in [0.5, 0.6) is 0 Å². The zero-order valence-corrected chi connectivity index (χ0v) is 16.6. The first kappa shape index (κ1) is 18.9. The van der Waals surface area contributed by atoms with Gasteiger partial charge in [-0.15, -0.1) is 0 Å². The fourth-order valence-corrected chi connectivity index (χ4v) is 3.12. The van der Waals surface area contributed by atoms with Gasteiger partial charge in [-0.2, -0.15) is 0 Å². The van der Waals surface area contributed by atoms with E-state index in [1.807, 2.05) is 0 Å². The Labute approximate surface area is 130 Å². The minimum Gasteiger partial charge on any atom is -0.417 e. The van der Waals surface area contributed by atoms with Crippen molar-refractivity contribution in [2.45, 2.75) is 72.0 Å². The van der Waals surface area contributed by atoms with Crippen molar-refractivity contribution in [3.05, 3.63) is 0 Å². The Morgan fingerprint density at radius 2 is 1.56 bits per heavy atom. The Bertz CT molecular complexity index is 223. The standard InChI is InChI=1S/C15H33IOSi/c1-13(11-16)9-8-10-14(2)12-17-18(6,7)15(3,4)5/h13-14H,8-12H2,1-7H3/t13-,14+/m1/s1. The molecule has 1 nitrogen and oxygen atoms in total. The first-order valence-corrected chi connectivity index (χ1v) is 11.7. The lowest BCUT2D eigenvalue weighted by atomic mass is 10.0. The van der Waals surface area contributed by atoms with Gasteiger partial charge in [-0.25, -0.2) is 0 Å². The van der Waals surface area contributed by atoms with Crippen LogP contribution in [-0.2, 0) is 4.43 Å². The Kier molecular flexibility index (Phi) is 8.67. The lowest BCUT2D eigenvalue weighted by molar-refractivity contribution is 0.227. The van der Waals surface area contributed by atoms with Gasteiger partial charge < -0.3 is 4.43 Å². The van der Waals surface area contributed by atoms with Gasteiger partial charge in [0.1, 0.15) is 0 Å².